The topological polar surface area (TPSA) is 117 Å². The monoisotopic (exact) mass is 761 g/mol. The van der Waals surface area contributed by atoms with Crippen molar-refractivity contribution >= 4 is 63.8 Å². The number of carbonyl (C=O) groups is 4. The normalized spacial score (nSPS) is 24.0. The van der Waals surface area contributed by atoms with Gasteiger partial charge in [-0.2, -0.15) is 0 Å². The van der Waals surface area contributed by atoms with E-state index < -0.39 is 23.8 Å². The third-order valence-corrected chi connectivity index (χ3v) is 13.4. The van der Waals surface area contributed by atoms with Gasteiger partial charge in [0.1, 0.15) is 11.9 Å². The minimum Gasteiger partial charge on any atom is -0.368 e. The minimum absolute atomic E-state index is 0.0977. The molecular weight excluding hydrogens is 718 g/mol. The number of pyridine rings is 1. The average Bonchev–Trinajstić information content (AvgIpc) is 3.58. The highest BCUT2D eigenvalue weighted by Crippen LogP contribution is 2.46. The van der Waals surface area contributed by atoms with E-state index in [1.54, 1.807) is 12.1 Å². The van der Waals surface area contributed by atoms with Gasteiger partial charge in [-0.3, -0.25) is 34.3 Å². The minimum atomic E-state index is -0.966. The fourth-order valence-corrected chi connectivity index (χ4v) is 9.77. The number of piperidine rings is 2. The fourth-order valence-electron chi connectivity index (χ4n) is 9.56. The predicted molar refractivity (Wildman–Crippen MR) is 210 cm³/mol. The predicted octanol–water partition coefficient (Wildman–Crippen LogP) is 4.58. The Morgan fingerprint density at radius 1 is 0.873 bits per heavy atom. The Kier molecular flexibility index (Phi) is 8.73. The first-order valence-corrected chi connectivity index (χ1v) is 19.6. The molecule has 13 nitrogen and oxygen atoms in total. The highest BCUT2D eigenvalue weighted by atomic mass is 35.5. The van der Waals surface area contributed by atoms with Crippen molar-refractivity contribution in [2.24, 2.45) is 5.41 Å². The van der Waals surface area contributed by atoms with Crippen LogP contribution in [0.15, 0.2) is 54.7 Å². The van der Waals surface area contributed by atoms with Gasteiger partial charge in [-0.25, -0.2) is 9.83 Å². The van der Waals surface area contributed by atoms with Gasteiger partial charge in [0.2, 0.25) is 17.5 Å². The molecule has 284 valence electrons. The third kappa shape index (κ3) is 6.16. The molecule has 0 bridgehead atoms. The van der Waals surface area contributed by atoms with Crippen LogP contribution in [0.5, 0.6) is 0 Å². The lowest BCUT2D eigenvalue weighted by Crippen LogP contribution is -2.67. The van der Waals surface area contributed by atoms with Crippen molar-refractivity contribution in [1.82, 2.24) is 20.1 Å². The van der Waals surface area contributed by atoms with Crippen molar-refractivity contribution in [1.29, 1.82) is 0 Å². The van der Waals surface area contributed by atoms with Gasteiger partial charge in [-0.05, 0) is 87.5 Å². The standard InChI is InChI=1S/C41H44ClN9O4/c1-25-18-41(24-50(25)27-5-8-34(43-2)33(42)17-27)12-14-47(15-13-41)36-10-6-28(19-44-36)49-22-30(23-49)46(3)29-20-48(21-29)26-4-7-31-32(16-26)40(55)51(39(31)54)35-9-11-37(52)45-38(35)53/h4-8,10,16-17,19,25,29-30,35H,9,11-15,18,20-24H2,1,3H3,(H,45,52,53)/t25-,35?/m0/s1. The summed E-state index contributed by atoms with van der Waals surface area (Å²) in [6, 6.07) is 15.8. The zero-order valence-corrected chi connectivity index (χ0v) is 31.8. The van der Waals surface area contributed by atoms with Crippen LogP contribution in [0, 0.1) is 12.0 Å². The number of halogens is 1. The number of nitrogens with one attached hydrogen (secondary N) is 1. The molecule has 0 aliphatic carbocycles. The van der Waals surface area contributed by atoms with Gasteiger partial charge in [-0.1, -0.05) is 17.7 Å². The number of fused-ring (bicyclic) bond motifs is 1. The molecule has 1 unspecified atom stereocenters. The van der Waals surface area contributed by atoms with E-state index in [4.69, 9.17) is 23.2 Å². The number of likely N-dealkylation sites (N-methyl/N-ethyl adjacent to an activating group) is 1. The van der Waals surface area contributed by atoms with Crippen molar-refractivity contribution in [2.75, 3.05) is 72.5 Å². The number of aromatic nitrogens is 1. The summed E-state index contributed by atoms with van der Waals surface area (Å²) in [5, 5.41) is 2.77. The van der Waals surface area contributed by atoms with Gasteiger partial charge in [0.25, 0.3) is 11.8 Å². The first kappa shape index (κ1) is 35.5. The molecule has 0 radical (unpaired) electrons. The zero-order valence-electron chi connectivity index (χ0n) is 31.1. The summed E-state index contributed by atoms with van der Waals surface area (Å²) < 4.78 is 0. The molecular formula is C41H44ClN9O4. The first-order valence-electron chi connectivity index (χ1n) is 19.2. The van der Waals surface area contributed by atoms with E-state index in [1.165, 1.54) is 0 Å². The quantitative estimate of drug-likeness (QED) is 0.271. The highest BCUT2D eigenvalue weighted by Gasteiger charge is 2.47. The molecule has 1 aromatic heterocycles. The Labute approximate surface area is 325 Å². The van der Waals surface area contributed by atoms with E-state index in [1.807, 2.05) is 30.5 Å². The van der Waals surface area contributed by atoms with Crippen molar-refractivity contribution in [2.45, 2.75) is 63.2 Å². The number of hydrogen-bond acceptors (Lipinski definition) is 10. The van der Waals surface area contributed by atoms with Gasteiger partial charge in [0.05, 0.1) is 29.6 Å². The van der Waals surface area contributed by atoms with E-state index in [2.05, 4.69) is 60.8 Å². The number of amides is 4. The second-order valence-corrected chi connectivity index (χ2v) is 16.7. The maximum Gasteiger partial charge on any atom is 0.262 e. The van der Waals surface area contributed by atoms with Gasteiger partial charge in [0.15, 0.2) is 0 Å². The number of hydrogen-bond donors (Lipinski definition) is 1. The zero-order chi connectivity index (χ0) is 38.2. The Balaban J connectivity index is 0.744. The molecule has 0 saturated carbocycles. The molecule has 6 aliphatic rings. The van der Waals surface area contributed by atoms with Crippen LogP contribution in [0.2, 0.25) is 5.02 Å². The lowest BCUT2D eigenvalue weighted by Gasteiger charge is -2.53. The SMILES string of the molecule is [C-]#[N+]c1ccc(N2CC3(CCN(c4ccc(N5CC(N(C)C6CN(c7ccc8c(c7)C(=O)N(C7CCC(=O)NC7=O)C8=O)C6)C5)cn4)CC3)C[C@@H]2C)cc1Cl. The molecule has 6 aliphatic heterocycles. The summed E-state index contributed by atoms with van der Waals surface area (Å²) >= 11 is 6.38. The summed E-state index contributed by atoms with van der Waals surface area (Å²) in [6.07, 6.45) is 5.65. The Bertz CT molecular complexity index is 2120. The number of nitrogens with zero attached hydrogens (tertiary/aromatic N) is 8. The van der Waals surface area contributed by atoms with E-state index in [9.17, 15) is 19.2 Å². The molecule has 5 saturated heterocycles. The lowest BCUT2D eigenvalue weighted by atomic mass is 9.77. The van der Waals surface area contributed by atoms with Crippen molar-refractivity contribution < 1.29 is 19.2 Å². The largest absolute Gasteiger partial charge is 0.368 e. The van der Waals surface area contributed by atoms with Crippen LogP contribution in [-0.2, 0) is 9.59 Å². The van der Waals surface area contributed by atoms with Crippen LogP contribution >= 0.6 is 11.6 Å². The van der Waals surface area contributed by atoms with Crippen LogP contribution in [0.25, 0.3) is 4.85 Å². The molecule has 1 spiro atoms. The summed E-state index contributed by atoms with van der Waals surface area (Å²) in [5.41, 5.74) is 4.52. The van der Waals surface area contributed by atoms with Crippen molar-refractivity contribution in [3.63, 3.8) is 0 Å². The second-order valence-electron chi connectivity index (χ2n) is 16.3. The number of rotatable bonds is 7. The van der Waals surface area contributed by atoms with Crippen LogP contribution in [0.3, 0.4) is 0 Å². The summed E-state index contributed by atoms with van der Waals surface area (Å²) in [7, 11) is 2.18. The van der Waals surface area contributed by atoms with Crippen LogP contribution < -0.4 is 24.9 Å². The fraction of sp³-hybridized carbons (Fsp3) is 0.463. The summed E-state index contributed by atoms with van der Waals surface area (Å²) in [5.74, 6) is -0.918. The van der Waals surface area contributed by atoms with Crippen LogP contribution in [0.1, 0.15) is 59.7 Å². The molecule has 1 N–H and O–H groups in total. The Hall–Kier alpha value is -5.19. The number of anilines is 4. The van der Waals surface area contributed by atoms with E-state index in [0.29, 0.717) is 40.0 Å². The second kappa shape index (κ2) is 13.5. The first-order chi connectivity index (χ1) is 26.5. The van der Waals surface area contributed by atoms with Crippen LogP contribution in [-0.4, -0.2) is 115 Å². The molecule has 14 heteroatoms. The van der Waals surface area contributed by atoms with E-state index >= 15 is 0 Å². The van der Waals surface area contributed by atoms with E-state index in [0.717, 1.165) is 92.9 Å². The smallest absolute Gasteiger partial charge is 0.262 e. The lowest BCUT2D eigenvalue weighted by molar-refractivity contribution is -0.136. The molecule has 3 aromatic rings. The summed E-state index contributed by atoms with van der Waals surface area (Å²) in [6.45, 7) is 16.1. The molecule has 5 fully saturated rings. The Morgan fingerprint density at radius 3 is 2.20 bits per heavy atom. The van der Waals surface area contributed by atoms with Crippen LogP contribution in [0.4, 0.5) is 28.6 Å². The highest BCUT2D eigenvalue weighted by molar-refractivity contribution is 6.33. The number of imide groups is 2. The van der Waals surface area contributed by atoms with Gasteiger partial charge in [0, 0.05) is 86.8 Å². The van der Waals surface area contributed by atoms with Gasteiger partial charge in [-0.15, -0.1) is 0 Å². The molecule has 4 amide bonds. The molecule has 9 rings (SSSR count). The maximum absolute atomic E-state index is 13.3. The van der Waals surface area contributed by atoms with Gasteiger partial charge >= 0.3 is 0 Å². The molecule has 2 atom stereocenters. The third-order valence-electron chi connectivity index (χ3n) is 13.1. The van der Waals surface area contributed by atoms with Gasteiger partial charge < -0.3 is 19.6 Å². The Morgan fingerprint density at radius 2 is 1.55 bits per heavy atom. The van der Waals surface area contributed by atoms with Crippen molar-refractivity contribution in [3.05, 3.63) is 82.3 Å². The van der Waals surface area contributed by atoms with Crippen molar-refractivity contribution in [3.8, 4) is 0 Å². The van der Waals surface area contributed by atoms with E-state index in [-0.39, 0.29) is 24.2 Å². The molecule has 2 aromatic carbocycles. The molecule has 55 heavy (non-hydrogen) atoms. The number of benzene rings is 2. The summed E-state index contributed by atoms with van der Waals surface area (Å²) in [4.78, 5) is 71.8. The molecule has 7 heterocycles. The number of carbonyl (C=O) groups excluding carboxylic acids is 4. The maximum atomic E-state index is 13.3. The average molecular weight is 762 g/mol.